The number of nitrogens with zero attached hydrogens (tertiary/aromatic N) is 1. The Kier molecular flexibility index (Phi) is 3.64. The Hall–Kier alpha value is -2.69. The van der Waals surface area contributed by atoms with Crippen LogP contribution in [0, 0.1) is 12.7 Å². The monoisotopic (exact) mass is 312 g/mol. The predicted molar refractivity (Wildman–Crippen MR) is 84.0 cm³/mol. The van der Waals surface area contributed by atoms with Crippen molar-refractivity contribution >= 4 is 11.9 Å². The van der Waals surface area contributed by atoms with Gasteiger partial charge in [-0.2, -0.15) is 0 Å². The number of benzene rings is 2. The fourth-order valence-corrected chi connectivity index (χ4v) is 2.70. The maximum Gasteiger partial charge on any atom is 0.325 e. The Morgan fingerprint density at radius 1 is 1.04 bits per heavy atom. The number of hydrogen-bond donors (Lipinski definition) is 1. The second-order valence-corrected chi connectivity index (χ2v) is 5.94. The van der Waals surface area contributed by atoms with Gasteiger partial charge in [-0.25, -0.2) is 9.18 Å². The molecule has 1 heterocycles. The molecule has 2 aromatic rings. The Balaban J connectivity index is 1.87. The molecule has 3 amide bonds. The molecule has 0 spiro atoms. The molecule has 1 saturated heterocycles. The van der Waals surface area contributed by atoms with Gasteiger partial charge in [0.05, 0.1) is 6.54 Å². The van der Waals surface area contributed by atoms with E-state index in [0.717, 1.165) is 16.0 Å². The molecular weight excluding hydrogens is 295 g/mol. The molecule has 1 unspecified atom stereocenters. The van der Waals surface area contributed by atoms with Crippen molar-refractivity contribution in [2.45, 2.75) is 25.9 Å². The summed E-state index contributed by atoms with van der Waals surface area (Å²) < 4.78 is 13.0. The van der Waals surface area contributed by atoms with E-state index in [-0.39, 0.29) is 18.3 Å². The first kappa shape index (κ1) is 15.2. The van der Waals surface area contributed by atoms with Crippen molar-refractivity contribution in [2.24, 2.45) is 0 Å². The van der Waals surface area contributed by atoms with E-state index >= 15 is 0 Å². The highest BCUT2D eigenvalue weighted by Gasteiger charge is 2.48. The molecule has 1 N–H and O–H groups in total. The minimum atomic E-state index is -1.08. The molecule has 1 aliphatic rings. The van der Waals surface area contributed by atoms with E-state index in [2.05, 4.69) is 5.32 Å². The second-order valence-electron chi connectivity index (χ2n) is 5.94. The van der Waals surface area contributed by atoms with Crippen LogP contribution in [0.3, 0.4) is 0 Å². The lowest BCUT2D eigenvalue weighted by atomic mass is 9.91. The Bertz CT molecular complexity index is 756. The van der Waals surface area contributed by atoms with Gasteiger partial charge >= 0.3 is 6.03 Å². The number of carbonyl (C=O) groups excluding carboxylic acids is 2. The minimum Gasteiger partial charge on any atom is -0.319 e. The number of amides is 3. The van der Waals surface area contributed by atoms with Crippen LogP contribution >= 0.6 is 0 Å². The Morgan fingerprint density at radius 2 is 1.65 bits per heavy atom. The van der Waals surface area contributed by atoms with E-state index in [4.69, 9.17) is 0 Å². The molecule has 1 fully saturated rings. The topological polar surface area (TPSA) is 49.4 Å². The zero-order valence-corrected chi connectivity index (χ0v) is 13.0. The standard InChI is InChI=1S/C18H17FN2O2/c1-12-3-7-14(8-4-12)18(2)16(22)21(17(23)20-18)11-13-5-9-15(19)10-6-13/h3-10H,11H2,1-2H3,(H,20,23). The fourth-order valence-electron chi connectivity index (χ4n) is 2.70. The van der Waals surface area contributed by atoms with E-state index in [0.29, 0.717) is 5.56 Å². The average Bonchev–Trinajstić information content (AvgIpc) is 2.74. The van der Waals surface area contributed by atoms with Gasteiger partial charge in [0.15, 0.2) is 0 Å². The highest BCUT2D eigenvalue weighted by atomic mass is 19.1. The smallest absolute Gasteiger partial charge is 0.319 e. The second kappa shape index (κ2) is 5.50. The third-order valence-electron chi connectivity index (χ3n) is 4.16. The van der Waals surface area contributed by atoms with Gasteiger partial charge < -0.3 is 5.32 Å². The molecule has 2 aromatic carbocycles. The van der Waals surface area contributed by atoms with Crippen molar-refractivity contribution in [2.75, 3.05) is 0 Å². The molecule has 118 valence electrons. The molecular formula is C18H17FN2O2. The van der Waals surface area contributed by atoms with Crippen molar-refractivity contribution in [1.82, 2.24) is 10.2 Å². The van der Waals surface area contributed by atoms with Crippen LogP contribution in [0.4, 0.5) is 9.18 Å². The van der Waals surface area contributed by atoms with Gasteiger partial charge in [0.1, 0.15) is 11.4 Å². The molecule has 0 saturated carbocycles. The summed E-state index contributed by atoms with van der Waals surface area (Å²) in [6.45, 7) is 3.77. The van der Waals surface area contributed by atoms with Gasteiger partial charge in [0.2, 0.25) is 0 Å². The van der Waals surface area contributed by atoms with Crippen molar-refractivity contribution < 1.29 is 14.0 Å². The van der Waals surface area contributed by atoms with Gasteiger partial charge in [-0.3, -0.25) is 9.69 Å². The number of hydrogen-bond acceptors (Lipinski definition) is 2. The molecule has 1 aliphatic heterocycles. The third-order valence-corrected chi connectivity index (χ3v) is 4.16. The average molecular weight is 312 g/mol. The van der Waals surface area contributed by atoms with Crippen molar-refractivity contribution in [3.8, 4) is 0 Å². The zero-order chi connectivity index (χ0) is 16.6. The number of aryl methyl sites for hydroxylation is 1. The van der Waals surface area contributed by atoms with E-state index in [9.17, 15) is 14.0 Å². The zero-order valence-electron chi connectivity index (χ0n) is 13.0. The van der Waals surface area contributed by atoms with Gasteiger partial charge in [-0.1, -0.05) is 42.0 Å². The lowest BCUT2D eigenvalue weighted by Crippen LogP contribution is -2.40. The van der Waals surface area contributed by atoms with E-state index in [1.807, 2.05) is 31.2 Å². The highest BCUT2D eigenvalue weighted by molar-refractivity contribution is 6.07. The summed E-state index contributed by atoms with van der Waals surface area (Å²) in [5, 5.41) is 2.76. The summed E-state index contributed by atoms with van der Waals surface area (Å²) >= 11 is 0. The maximum atomic E-state index is 13.0. The van der Waals surface area contributed by atoms with Crippen LogP contribution in [0.2, 0.25) is 0 Å². The summed E-state index contributed by atoms with van der Waals surface area (Å²) in [6, 6.07) is 12.8. The van der Waals surface area contributed by atoms with Crippen LogP contribution in [0.25, 0.3) is 0 Å². The molecule has 4 nitrogen and oxygen atoms in total. The summed E-state index contributed by atoms with van der Waals surface area (Å²) in [6.07, 6.45) is 0. The third kappa shape index (κ3) is 2.70. The quantitative estimate of drug-likeness (QED) is 0.885. The maximum absolute atomic E-state index is 13.0. The van der Waals surface area contributed by atoms with Crippen LogP contribution < -0.4 is 5.32 Å². The Morgan fingerprint density at radius 3 is 2.26 bits per heavy atom. The van der Waals surface area contributed by atoms with E-state index < -0.39 is 11.6 Å². The van der Waals surface area contributed by atoms with Crippen molar-refractivity contribution in [3.05, 3.63) is 71.0 Å². The van der Waals surface area contributed by atoms with Crippen molar-refractivity contribution in [1.29, 1.82) is 0 Å². The number of nitrogens with one attached hydrogen (secondary N) is 1. The summed E-state index contributed by atoms with van der Waals surface area (Å²) in [5.74, 6) is -0.661. The SMILES string of the molecule is Cc1ccc(C2(C)NC(=O)N(Cc3ccc(F)cc3)C2=O)cc1. The van der Waals surface area contributed by atoms with Gasteiger partial charge in [-0.05, 0) is 37.1 Å². The molecule has 0 aromatic heterocycles. The number of rotatable bonds is 3. The minimum absolute atomic E-state index is 0.117. The van der Waals surface area contributed by atoms with Crippen LogP contribution in [0.15, 0.2) is 48.5 Å². The van der Waals surface area contributed by atoms with E-state index in [1.54, 1.807) is 19.1 Å². The lowest BCUT2D eigenvalue weighted by Gasteiger charge is -2.22. The number of carbonyl (C=O) groups is 2. The van der Waals surface area contributed by atoms with Gasteiger partial charge in [-0.15, -0.1) is 0 Å². The molecule has 5 heteroatoms. The number of halogens is 1. The summed E-state index contributed by atoms with van der Waals surface area (Å²) in [7, 11) is 0. The first-order chi connectivity index (χ1) is 10.9. The first-order valence-electron chi connectivity index (χ1n) is 7.36. The van der Waals surface area contributed by atoms with Crippen molar-refractivity contribution in [3.63, 3.8) is 0 Å². The number of urea groups is 1. The van der Waals surface area contributed by atoms with Crippen LogP contribution in [0.1, 0.15) is 23.6 Å². The Labute approximate surface area is 133 Å². The van der Waals surface area contributed by atoms with Gasteiger partial charge in [0.25, 0.3) is 5.91 Å². The molecule has 1 atom stereocenters. The lowest BCUT2D eigenvalue weighted by molar-refractivity contribution is -0.131. The molecule has 0 aliphatic carbocycles. The molecule has 3 rings (SSSR count). The van der Waals surface area contributed by atoms with Crippen LogP contribution in [-0.2, 0) is 16.9 Å². The normalized spacial score (nSPS) is 20.7. The molecule has 23 heavy (non-hydrogen) atoms. The van der Waals surface area contributed by atoms with E-state index in [1.165, 1.54) is 12.1 Å². The molecule has 0 bridgehead atoms. The first-order valence-corrected chi connectivity index (χ1v) is 7.36. The van der Waals surface area contributed by atoms with Gasteiger partial charge in [0, 0.05) is 0 Å². The molecule has 0 radical (unpaired) electrons. The van der Waals surface area contributed by atoms with Crippen LogP contribution in [-0.4, -0.2) is 16.8 Å². The summed E-state index contributed by atoms with van der Waals surface area (Å²) in [4.78, 5) is 26.2. The summed E-state index contributed by atoms with van der Waals surface area (Å²) in [5.41, 5.74) is 1.44. The fraction of sp³-hybridized carbons (Fsp3) is 0.222. The number of imide groups is 1. The largest absolute Gasteiger partial charge is 0.325 e. The highest BCUT2D eigenvalue weighted by Crippen LogP contribution is 2.29. The predicted octanol–water partition coefficient (Wildman–Crippen LogP) is 3.10. The van der Waals surface area contributed by atoms with Crippen LogP contribution in [0.5, 0.6) is 0 Å².